The summed E-state index contributed by atoms with van der Waals surface area (Å²) < 4.78 is 0. The zero-order valence-corrected chi connectivity index (χ0v) is 10.6. The molecule has 0 unspecified atom stereocenters. The molecule has 19 heavy (non-hydrogen) atoms. The van der Waals surface area contributed by atoms with E-state index in [1.54, 1.807) is 30.3 Å². The van der Waals surface area contributed by atoms with E-state index >= 15 is 0 Å². The summed E-state index contributed by atoms with van der Waals surface area (Å²) in [6.07, 6.45) is 1.49. The molecule has 6 heteroatoms. The van der Waals surface area contributed by atoms with Gasteiger partial charge in [-0.15, -0.1) is 0 Å². The van der Waals surface area contributed by atoms with Crippen molar-refractivity contribution >= 4 is 35.5 Å². The third-order valence-corrected chi connectivity index (χ3v) is 2.92. The number of imide groups is 1. The van der Waals surface area contributed by atoms with Gasteiger partial charge in [0.1, 0.15) is 6.54 Å². The van der Waals surface area contributed by atoms with Crippen LogP contribution in [0.25, 0.3) is 6.08 Å². The van der Waals surface area contributed by atoms with Gasteiger partial charge in [0.2, 0.25) is 5.91 Å². The molecule has 0 aliphatic carbocycles. The predicted octanol–water partition coefficient (Wildman–Crippen LogP) is 1.57. The number of hydrogen-bond donors (Lipinski definition) is 1. The summed E-state index contributed by atoms with van der Waals surface area (Å²) in [5.41, 5.74) is 1.02. The SMILES string of the molecule is O=C(O)CN1C(=O)C/C(=C\c2ccc(Cl)cc2)C1=O. The van der Waals surface area contributed by atoms with Gasteiger partial charge in [-0.2, -0.15) is 0 Å². The summed E-state index contributed by atoms with van der Waals surface area (Å²) in [7, 11) is 0. The smallest absolute Gasteiger partial charge is 0.323 e. The number of hydrogen-bond acceptors (Lipinski definition) is 3. The average molecular weight is 280 g/mol. The first-order valence-electron chi connectivity index (χ1n) is 5.50. The van der Waals surface area contributed by atoms with Gasteiger partial charge >= 0.3 is 5.97 Å². The van der Waals surface area contributed by atoms with Crippen molar-refractivity contribution < 1.29 is 19.5 Å². The summed E-state index contributed by atoms with van der Waals surface area (Å²) in [6.45, 7) is -0.602. The molecule has 1 aromatic carbocycles. The zero-order valence-electron chi connectivity index (χ0n) is 9.80. The van der Waals surface area contributed by atoms with E-state index in [4.69, 9.17) is 16.7 Å². The number of carboxylic acid groups (broad SMARTS) is 1. The number of carbonyl (C=O) groups is 3. The monoisotopic (exact) mass is 279 g/mol. The van der Waals surface area contributed by atoms with Crippen molar-refractivity contribution in [3.8, 4) is 0 Å². The minimum Gasteiger partial charge on any atom is -0.480 e. The van der Waals surface area contributed by atoms with Gasteiger partial charge in [-0.3, -0.25) is 19.3 Å². The van der Waals surface area contributed by atoms with Crippen LogP contribution in [0.15, 0.2) is 29.8 Å². The van der Waals surface area contributed by atoms with Crippen LogP contribution < -0.4 is 0 Å². The molecule has 1 fully saturated rings. The van der Waals surface area contributed by atoms with Crippen LogP contribution in [0.5, 0.6) is 0 Å². The van der Waals surface area contributed by atoms with Gasteiger partial charge in [0, 0.05) is 10.6 Å². The number of carbonyl (C=O) groups excluding carboxylic acids is 2. The van der Waals surface area contributed by atoms with Crippen LogP contribution in [0.4, 0.5) is 0 Å². The van der Waals surface area contributed by atoms with Crippen molar-refractivity contribution in [2.75, 3.05) is 6.54 Å². The Morgan fingerprint density at radius 2 is 1.95 bits per heavy atom. The van der Waals surface area contributed by atoms with Gasteiger partial charge in [-0.25, -0.2) is 0 Å². The fourth-order valence-electron chi connectivity index (χ4n) is 1.79. The number of amides is 2. The second-order valence-electron chi connectivity index (χ2n) is 4.08. The topological polar surface area (TPSA) is 74.7 Å². The number of likely N-dealkylation sites (tertiary alicyclic amines) is 1. The molecule has 0 radical (unpaired) electrons. The third kappa shape index (κ3) is 3.00. The number of halogens is 1. The Labute approximate surface area is 114 Å². The quantitative estimate of drug-likeness (QED) is 0.673. The molecule has 1 heterocycles. The van der Waals surface area contributed by atoms with Crippen LogP contribution in [-0.4, -0.2) is 34.3 Å². The maximum atomic E-state index is 11.9. The third-order valence-electron chi connectivity index (χ3n) is 2.67. The van der Waals surface area contributed by atoms with Crippen molar-refractivity contribution in [1.29, 1.82) is 0 Å². The van der Waals surface area contributed by atoms with Crippen molar-refractivity contribution in [2.45, 2.75) is 6.42 Å². The van der Waals surface area contributed by atoms with Gasteiger partial charge in [0.25, 0.3) is 5.91 Å². The maximum Gasteiger partial charge on any atom is 0.323 e. The van der Waals surface area contributed by atoms with Gasteiger partial charge < -0.3 is 5.11 Å². The van der Waals surface area contributed by atoms with E-state index in [0.29, 0.717) is 5.02 Å². The minimum absolute atomic E-state index is 0.0747. The van der Waals surface area contributed by atoms with Gasteiger partial charge in [0.15, 0.2) is 0 Å². The van der Waals surface area contributed by atoms with Gasteiger partial charge in [0.05, 0.1) is 6.42 Å². The Morgan fingerprint density at radius 1 is 1.32 bits per heavy atom. The van der Waals surface area contributed by atoms with Crippen LogP contribution in [-0.2, 0) is 14.4 Å². The summed E-state index contributed by atoms with van der Waals surface area (Å²) >= 11 is 5.75. The van der Waals surface area contributed by atoms with Crippen molar-refractivity contribution in [3.05, 3.63) is 40.4 Å². The van der Waals surface area contributed by atoms with Crippen molar-refractivity contribution in [3.63, 3.8) is 0 Å². The standard InChI is InChI=1S/C13H10ClNO4/c14-10-3-1-8(2-4-10)5-9-6-11(16)15(13(9)19)7-12(17)18/h1-5H,6-7H2,(H,17,18)/b9-5+. The van der Waals surface area contributed by atoms with E-state index in [1.807, 2.05) is 0 Å². The molecule has 0 spiro atoms. The first-order valence-corrected chi connectivity index (χ1v) is 5.88. The van der Waals surface area contributed by atoms with E-state index in [9.17, 15) is 14.4 Å². The molecule has 5 nitrogen and oxygen atoms in total. The summed E-state index contributed by atoms with van der Waals surface area (Å²) in [6, 6.07) is 6.77. The fourth-order valence-corrected chi connectivity index (χ4v) is 1.91. The number of rotatable bonds is 3. The molecule has 2 rings (SSSR count). The molecule has 0 aromatic heterocycles. The normalized spacial score (nSPS) is 17.3. The molecule has 1 aliphatic rings. The first kappa shape index (κ1) is 13.3. The second-order valence-corrected chi connectivity index (χ2v) is 4.51. The van der Waals surface area contributed by atoms with Gasteiger partial charge in [-0.05, 0) is 23.8 Å². The molecule has 2 amide bonds. The molecular formula is C13H10ClNO4. The fraction of sp³-hybridized carbons (Fsp3) is 0.154. The van der Waals surface area contributed by atoms with Crippen molar-refractivity contribution in [1.82, 2.24) is 4.90 Å². The molecule has 0 atom stereocenters. The van der Waals surface area contributed by atoms with Crippen LogP contribution in [0, 0.1) is 0 Å². The average Bonchev–Trinajstić information content (AvgIpc) is 2.60. The van der Waals surface area contributed by atoms with Crippen LogP contribution in [0.2, 0.25) is 5.02 Å². The number of carboxylic acids is 1. The Morgan fingerprint density at radius 3 is 2.53 bits per heavy atom. The Bertz CT molecular complexity index is 577. The maximum absolute atomic E-state index is 11.9. The molecule has 0 saturated carbocycles. The Kier molecular flexibility index (Phi) is 3.66. The van der Waals surface area contributed by atoms with Crippen LogP contribution >= 0.6 is 11.6 Å². The molecule has 1 N–H and O–H groups in total. The highest BCUT2D eigenvalue weighted by atomic mass is 35.5. The van der Waals surface area contributed by atoms with Crippen LogP contribution in [0.3, 0.4) is 0 Å². The summed E-state index contributed by atoms with van der Waals surface area (Å²) in [5, 5.41) is 9.21. The molecule has 98 valence electrons. The van der Waals surface area contributed by atoms with E-state index in [1.165, 1.54) is 0 Å². The lowest BCUT2D eigenvalue weighted by Crippen LogP contribution is -2.34. The van der Waals surface area contributed by atoms with E-state index < -0.39 is 24.3 Å². The zero-order chi connectivity index (χ0) is 14.0. The second kappa shape index (κ2) is 5.24. The summed E-state index contributed by atoms with van der Waals surface area (Å²) in [4.78, 5) is 34.7. The molecule has 1 aromatic rings. The van der Waals surface area contributed by atoms with Crippen molar-refractivity contribution in [2.24, 2.45) is 0 Å². The lowest BCUT2D eigenvalue weighted by Gasteiger charge is -2.09. The minimum atomic E-state index is -1.21. The van der Waals surface area contributed by atoms with Gasteiger partial charge in [-0.1, -0.05) is 23.7 Å². The van der Waals surface area contributed by atoms with Crippen LogP contribution in [0.1, 0.15) is 12.0 Å². The highest BCUT2D eigenvalue weighted by Crippen LogP contribution is 2.22. The number of aliphatic carboxylic acids is 1. The Balaban J connectivity index is 2.23. The largest absolute Gasteiger partial charge is 0.480 e. The Hall–Kier alpha value is -2.14. The first-order chi connectivity index (χ1) is 8.97. The predicted molar refractivity (Wildman–Crippen MR) is 68.4 cm³/mol. The summed E-state index contributed by atoms with van der Waals surface area (Å²) in [5.74, 6) is -2.26. The molecule has 0 bridgehead atoms. The van der Waals surface area contributed by atoms with E-state index in [0.717, 1.165) is 10.5 Å². The number of benzene rings is 1. The molecule has 1 aliphatic heterocycles. The highest BCUT2D eigenvalue weighted by molar-refractivity contribution is 6.30. The van der Waals surface area contributed by atoms with E-state index in [2.05, 4.69) is 0 Å². The number of nitrogens with zero attached hydrogens (tertiary/aromatic N) is 1. The molecule has 1 saturated heterocycles. The highest BCUT2D eigenvalue weighted by Gasteiger charge is 2.34. The lowest BCUT2D eigenvalue weighted by molar-refractivity contribution is -0.148. The van der Waals surface area contributed by atoms with E-state index in [-0.39, 0.29) is 12.0 Å². The lowest BCUT2D eigenvalue weighted by atomic mass is 10.1. The molecular weight excluding hydrogens is 270 g/mol.